The van der Waals surface area contributed by atoms with Crippen molar-refractivity contribution in [2.24, 2.45) is 5.73 Å². The van der Waals surface area contributed by atoms with E-state index in [0.717, 1.165) is 18.9 Å². The van der Waals surface area contributed by atoms with Crippen molar-refractivity contribution in [2.75, 3.05) is 0 Å². The molecule has 1 heterocycles. The summed E-state index contributed by atoms with van der Waals surface area (Å²) in [5.41, 5.74) is 4.89. The van der Waals surface area contributed by atoms with Crippen molar-refractivity contribution in [3.63, 3.8) is 0 Å². The predicted octanol–water partition coefficient (Wildman–Crippen LogP) is 3.08. The zero-order valence-electron chi connectivity index (χ0n) is 19.0. The second-order valence-corrected chi connectivity index (χ2v) is 8.69. The van der Waals surface area contributed by atoms with Crippen LogP contribution in [0.5, 0.6) is 5.75 Å². The van der Waals surface area contributed by atoms with Gasteiger partial charge in [0, 0.05) is 18.3 Å². The van der Waals surface area contributed by atoms with E-state index in [-0.39, 0.29) is 28.6 Å². The average molecular weight is 503 g/mol. The first kappa shape index (κ1) is 25.2. The molecule has 2 unspecified atom stereocenters. The first-order chi connectivity index (χ1) is 17.0. The van der Waals surface area contributed by atoms with E-state index in [1.54, 1.807) is 12.1 Å². The highest BCUT2D eigenvalue weighted by Crippen LogP contribution is 2.30. The number of nitrogens with zero attached hydrogens (tertiary/aromatic N) is 1. The molecule has 2 aromatic carbocycles. The third-order valence-electron chi connectivity index (χ3n) is 6.17. The number of ether oxygens (including phenoxy) is 1. The second kappa shape index (κ2) is 10.0. The van der Waals surface area contributed by atoms with Crippen LogP contribution in [0.1, 0.15) is 52.0 Å². The van der Waals surface area contributed by atoms with Crippen LogP contribution in [0.15, 0.2) is 53.5 Å². The molecule has 2 atom stereocenters. The molecule has 2 amide bonds. The first-order valence-electron chi connectivity index (χ1n) is 11.3. The number of aliphatic hydroxyl groups is 1. The molecular weight excluding hydrogens is 479 g/mol. The molecule has 4 rings (SSSR count). The summed E-state index contributed by atoms with van der Waals surface area (Å²) in [6.45, 7) is -0.0413. The van der Waals surface area contributed by atoms with Crippen molar-refractivity contribution in [1.29, 1.82) is 0 Å². The Hall–Kier alpha value is -3.86. The number of carbonyl (C=O) groups is 2. The van der Waals surface area contributed by atoms with Crippen molar-refractivity contribution in [3.8, 4) is 5.75 Å². The number of nitrogens with two attached hydrogens (primary N) is 1. The molecule has 0 spiro atoms. The van der Waals surface area contributed by atoms with Gasteiger partial charge >= 0.3 is 6.36 Å². The molecule has 0 bridgehead atoms. The number of pyridine rings is 1. The lowest BCUT2D eigenvalue weighted by Crippen LogP contribution is -2.46. The third-order valence-corrected chi connectivity index (χ3v) is 6.17. The Balaban J connectivity index is 1.81. The van der Waals surface area contributed by atoms with Crippen LogP contribution in [-0.2, 0) is 6.54 Å². The minimum Gasteiger partial charge on any atom is -0.404 e. The van der Waals surface area contributed by atoms with Crippen molar-refractivity contribution >= 4 is 22.7 Å². The van der Waals surface area contributed by atoms with E-state index < -0.39 is 41.5 Å². The summed E-state index contributed by atoms with van der Waals surface area (Å²) in [7, 11) is 0. The van der Waals surface area contributed by atoms with Crippen LogP contribution >= 0.6 is 0 Å². The quantitative estimate of drug-likeness (QED) is 0.477. The Morgan fingerprint density at radius 3 is 2.44 bits per heavy atom. The molecule has 36 heavy (non-hydrogen) atoms. The highest BCUT2D eigenvalue weighted by Gasteiger charge is 2.33. The van der Waals surface area contributed by atoms with E-state index in [0.29, 0.717) is 18.4 Å². The summed E-state index contributed by atoms with van der Waals surface area (Å²) in [4.78, 5) is 37.6. The molecule has 3 aromatic rings. The number of benzene rings is 2. The summed E-state index contributed by atoms with van der Waals surface area (Å²) in [6.07, 6.45) is -1.88. The minimum absolute atomic E-state index is 0.0413. The van der Waals surface area contributed by atoms with E-state index in [1.165, 1.54) is 35.0 Å². The van der Waals surface area contributed by atoms with Gasteiger partial charge in [-0.1, -0.05) is 31.0 Å². The minimum atomic E-state index is -5.01. The monoisotopic (exact) mass is 503 g/mol. The number of halogens is 3. The molecule has 0 radical (unpaired) electrons. The van der Waals surface area contributed by atoms with E-state index in [2.05, 4.69) is 10.1 Å². The molecule has 1 aliphatic rings. The largest absolute Gasteiger partial charge is 0.573 e. The van der Waals surface area contributed by atoms with Gasteiger partial charge in [-0.05, 0) is 42.7 Å². The molecular formula is C25H24F3N3O5. The topological polar surface area (TPSA) is 124 Å². The SMILES string of the molecule is NC(=O)c1ccc(Cn2cc(C(=O)NC3CCCCC3O)c(=O)c3cccc(OC(F)(F)F)c32)cc1. The fraction of sp³-hybridized carbons (Fsp3) is 0.320. The van der Waals surface area contributed by atoms with Crippen molar-refractivity contribution in [1.82, 2.24) is 9.88 Å². The van der Waals surface area contributed by atoms with Gasteiger partial charge in [-0.3, -0.25) is 14.4 Å². The van der Waals surface area contributed by atoms with Crippen molar-refractivity contribution < 1.29 is 32.6 Å². The first-order valence-corrected chi connectivity index (χ1v) is 11.3. The number of alkyl halides is 3. The maximum atomic E-state index is 13.2. The van der Waals surface area contributed by atoms with Gasteiger partial charge in [0.2, 0.25) is 11.3 Å². The lowest BCUT2D eigenvalue weighted by molar-refractivity contribution is -0.274. The van der Waals surface area contributed by atoms with Gasteiger partial charge in [0.1, 0.15) is 5.56 Å². The van der Waals surface area contributed by atoms with Gasteiger partial charge in [0.25, 0.3) is 5.91 Å². The smallest absolute Gasteiger partial charge is 0.404 e. The molecule has 11 heteroatoms. The van der Waals surface area contributed by atoms with E-state index in [4.69, 9.17) is 5.73 Å². The predicted molar refractivity (Wildman–Crippen MR) is 125 cm³/mol. The maximum Gasteiger partial charge on any atom is 0.573 e. The van der Waals surface area contributed by atoms with Crippen LogP contribution in [-0.4, -0.2) is 40.0 Å². The van der Waals surface area contributed by atoms with Gasteiger partial charge in [-0.2, -0.15) is 0 Å². The standard InChI is InChI=1S/C25H24F3N3O5/c26-25(27,28)36-20-7-3-4-16-21(20)31(12-14-8-10-15(11-9-14)23(29)34)13-17(22(16)33)24(35)30-18-5-1-2-6-19(18)32/h3-4,7-11,13,18-19,32H,1-2,5-6,12H2,(H2,29,34)(H,30,35). The number of nitrogens with one attached hydrogen (secondary N) is 1. The summed E-state index contributed by atoms with van der Waals surface area (Å²) in [5.74, 6) is -1.96. The van der Waals surface area contributed by atoms with Gasteiger partial charge in [0.05, 0.1) is 23.0 Å². The fourth-order valence-electron chi connectivity index (χ4n) is 4.42. The molecule has 1 saturated carbocycles. The lowest BCUT2D eigenvalue weighted by atomic mass is 9.92. The molecule has 1 aromatic heterocycles. The number of amides is 2. The summed E-state index contributed by atoms with van der Waals surface area (Å²) in [5, 5.41) is 12.8. The Morgan fingerprint density at radius 1 is 1.11 bits per heavy atom. The average Bonchev–Trinajstić information content (AvgIpc) is 2.81. The van der Waals surface area contributed by atoms with Crippen LogP contribution in [0, 0.1) is 0 Å². The zero-order chi connectivity index (χ0) is 26.0. The Bertz CT molecular complexity index is 1350. The highest BCUT2D eigenvalue weighted by molar-refractivity contribution is 5.98. The van der Waals surface area contributed by atoms with Crippen LogP contribution in [0.3, 0.4) is 0 Å². The molecule has 0 aliphatic heterocycles. The summed E-state index contributed by atoms with van der Waals surface area (Å²) < 4.78 is 44.8. The number of rotatable bonds is 6. The lowest BCUT2D eigenvalue weighted by Gasteiger charge is -2.28. The molecule has 190 valence electrons. The summed E-state index contributed by atoms with van der Waals surface area (Å²) in [6, 6.07) is 9.17. The van der Waals surface area contributed by atoms with Crippen LogP contribution in [0.25, 0.3) is 10.9 Å². The number of hydrogen-bond acceptors (Lipinski definition) is 5. The number of hydrogen-bond donors (Lipinski definition) is 3. The van der Waals surface area contributed by atoms with Crippen LogP contribution in [0.2, 0.25) is 0 Å². The molecule has 0 saturated heterocycles. The maximum absolute atomic E-state index is 13.2. The molecule has 8 nitrogen and oxygen atoms in total. The van der Waals surface area contributed by atoms with E-state index in [1.807, 2.05) is 0 Å². The van der Waals surface area contributed by atoms with Crippen molar-refractivity contribution in [2.45, 2.75) is 50.7 Å². The number of primary amides is 1. The van der Waals surface area contributed by atoms with Gasteiger partial charge in [-0.25, -0.2) is 0 Å². The van der Waals surface area contributed by atoms with Crippen LogP contribution in [0.4, 0.5) is 13.2 Å². The summed E-state index contributed by atoms with van der Waals surface area (Å²) >= 11 is 0. The Morgan fingerprint density at radius 2 is 1.81 bits per heavy atom. The van der Waals surface area contributed by atoms with E-state index >= 15 is 0 Å². The Labute approximate surface area is 203 Å². The van der Waals surface area contributed by atoms with Gasteiger partial charge < -0.3 is 25.5 Å². The number of fused-ring (bicyclic) bond motifs is 1. The highest BCUT2D eigenvalue weighted by atomic mass is 19.4. The number of aromatic nitrogens is 1. The Kier molecular flexibility index (Phi) is 7.02. The zero-order valence-corrected chi connectivity index (χ0v) is 19.0. The number of para-hydroxylation sites is 1. The van der Waals surface area contributed by atoms with Crippen molar-refractivity contribution in [3.05, 3.63) is 75.6 Å². The van der Waals surface area contributed by atoms with Gasteiger partial charge in [0.15, 0.2) is 5.75 Å². The number of carbonyl (C=O) groups excluding carboxylic acids is 2. The molecule has 1 aliphatic carbocycles. The normalized spacial score (nSPS) is 18.1. The molecule has 4 N–H and O–H groups in total. The molecule has 1 fully saturated rings. The number of aliphatic hydroxyl groups excluding tert-OH is 1. The van der Waals surface area contributed by atoms with E-state index in [9.17, 15) is 32.7 Å². The second-order valence-electron chi connectivity index (χ2n) is 8.69. The third kappa shape index (κ3) is 5.51. The fourth-order valence-corrected chi connectivity index (χ4v) is 4.42. The van der Waals surface area contributed by atoms with Gasteiger partial charge in [-0.15, -0.1) is 13.2 Å². The van der Waals surface area contributed by atoms with Crippen LogP contribution < -0.4 is 21.2 Å².